The van der Waals surface area contributed by atoms with Crippen molar-refractivity contribution in [2.45, 2.75) is 36.8 Å². The maximum absolute atomic E-state index is 13.0. The molecule has 0 radical (unpaired) electrons. The predicted octanol–water partition coefficient (Wildman–Crippen LogP) is 3.22. The number of nitrogens with zero attached hydrogens (tertiary/aromatic N) is 1. The molecule has 1 fully saturated rings. The second kappa shape index (κ2) is 10.9. The maximum atomic E-state index is 13.0. The number of benzene rings is 2. The van der Waals surface area contributed by atoms with E-state index >= 15 is 0 Å². The summed E-state index contributed by atoms with van der Waals surface area (Å²) in [6.07, 6.45) is 1.89. The van der Waals surface area contributed by atoms with Gasteiger partial charge in [0.2, 0.25) is 15.9 Å². The van der Waals surface area contributed by atoms with E-state index in [1.807, 2.05) is 24.3 Å². The molecular weight excluding hydrogens is 440 g/mol. The van der Waals surface area contributed by atoms with Gasteiger partial charge >= 0.3 is 0 Å². The van der Waals surface area contributed by atoms with Crippen molar-refractivity contribution in [2.75, 3.05) is 26.8 Å². The minimum atomic E-state index is -3.75. The fourth-order valence-corrected chi connectivity index (χ4v) is 4.83. The molecule has 1 N–H and O–H groups in total. The molecule has 1 amide bonds. The Kier molecular flexibility index (Phi) is 8.31. The quantitative estimate of drug-likeness (QED) is 0.581. The van der Waals surface area contributed by atoms with Gasteiger partial charge in [0.1, 0.15) is 5.75 Å². The summed E-state index contributed by atoms with van der Waals surface area (Å²) in [7, 11) is -2.15. The van der Waals surface area contributed by atoms with E-state index in [1.54, 1.807) is 24.1 Å². The van der Waals surface area contributed by atoms with Crippen molar-refractivity contribution in [3.63, 3.8) is 0 Å². The van der Waals surface area contributed by atoms with Crippen LogP contribution in [0.1, 0.15) is 24.8 Å². The van der Waals surface area contributed by atoms with Gasteiger partial charge in [-0.05, 0) is 37.1 Å². The van der Waals surface area contributed by atoms with Crippen LogP contribution in [0.15, 0.2) is 53.4 Å². The molecule has 3 rings (SSSR count). The Hall–Kier alpha value is -2.13. The number of amides is 1. The number of para-hydroxylation sites is 1. The maximum Gasteiger partial charge on any atom is 0.240 e. The van der Waals surface area contributed by atoms with Crippen LogP contribution < -0.4 is 9.46 Å². The fourth-order valence-electron chi connectivity index (χ4n) is 3.50. The molecule has 31 heavy (non-hydrogen) atoms. The summed E-state index contributed by atoms with van der Waals surface area (Å²) in [4.78, 5) is 14.8. The van der Waals surface area contributed by atoms with Crippen molar-refractivity contribution >= 4 is 27.5 Å². The summed E-state index contributed by atoms with van der Waals surface area (Å²) in [6, 6.07) is 13.5. The molecule has 7 nitrogen and oxygen atoms in total. The summed E-state index contributed by atoms with van der Waals surface area (Å²) < 4.78 is 38.5. The van der Waals surface area contributed by atoms with Crippen LogP contribution in [-0.4, -0.2) is 52.1 Å². The van der Waals surface area contributed by atoms with Crippen molar-refractivity contribution in [1.82, 2.24) is 9.62 Å². The molecule has 1 unspecified atom stereocenters. The largest absolute Gasteiger partial charge is 0.496 e. The van der Waals surface area contributed by atoms with Gasteiger partial charge in [0.25, 0.3) is 0 Å². The standard InChI is InChI=1S/C22H27ClN2O5S/c1-29-21-10-3-2-6-17(21)15-25(16-19-8-5-13-30-19)22(26)11-12-24-31(27,28)20-9-4-7-18(23)14-20/h2-4,6-7,9-10,14,19,24H,5,8,11-13,15-16H2,1H3. The van der Waals surface area contributed by atoms with Gasteiger partial charge in [0.05, 0.1) is 18.1 Å². The Balaban J connectivity index is 1.65. The summed E-state index contributed by atoms with van der Waals surface area (Å²) in [5, 5.41) is 0.332. The van der Waals surface area contributed by atoms with Gasteiger partial charge in [-0.25, -0.2) is 13.1 Å². The summed E-state index contributed by atoms with van der Waals surface area (Å²) in [5.41, 5.74) is 0.885. The van der Waals surface area contributed by atoms with Gasteiger partial charge in [-0.1, -0.05) is 35.9 Å². The topological polar surface area (TPSA) is 84.9 Å². The number of rotatable bonds is 10. The lowest BCUT2D eigenvalue weighted by atomic mass is 10.1. The smallest absolute Gasteiger partial charge is 0.240 e. The molecular formula is C22H27ClN2O5S. The number of ether oxygens (including phenoxy) is 2. The lowest BCUT2D eigenvalue weighted by Crippen LogP contribution is -2.38. The third-order valence-electron chi connectivity index (χ3n) is 5.09. The lowest BCUT2D eigenvalue weighted by Gasteiger charge is -2.26. The highest BCUT2D eigenvalue weighted by Gasteiger charge is 2.24. The van der Waals surface area contributed by atoms with Crippen molar-refractivity contribution < 1.29 is 22.7 Å². The molecule has 0 spiro atoms. The normalized spacial score (nSPS) is 16.3. The van der Waals surface area contributed by atoms with Gasteiger partial charge in [-0.2, -0.15) is 0 Å². The average molecular weight is 467 g/mol. The van der Waals surface area contributed by atoms with Crippen LogP contribution in [0, 0.1) is 0 Å². The van der Waals surface area contributed by atoms with Crippen molar-refractivity contribution in [2.24, 2.45) is 0 Å². The van der Waals surface area contributed by atoms with E-state index in [0.29, 0.717) is 30.5 Å². The van der Waals surface area contributed by atoms with Gasteiger partial charge in [-0.15, -0.1) is 0 Å². The number of nitrogens with one attached hydrogen (secondary N) is 1. The van der Waals surface area contributed by atoms with E-state index in [1.165, 1.54) is 12.1 Å². The minimum Gasteiger partial charge on any atom is -0.496 e. The number of carbonyl (C=O) groups excluding carboxylic acids is 1. The highest BCUT2D eigenvalue weighted by atomic mass is 35.5. The van der Waals surface area contributed by atoms with Gasteiger partial charge in [-0.3, -0.25) is 4.79 Å². The van der Waals surface area contributed by atoms with E-state index in [0.717, 1.165) is 18.4 Å². The molecule has 1 heterocycles. The van der Waals surface area contributed by atoms with Crippen LogP contribution in [0.25, 0.3) is 0 Å². The predicted molar refractivity (Wildman–Crippen MR) is 119 cm³/mol. The molecule has 2 aromatic carbocycles. The Morgan fingerprint density at radius 1 is 1.26 bits per heavy atom. The lowest BCUT2D eigenvalue weighted by molar-refractivity contribution is -0.133. The molecule has 1 aliphatic rings. The van der Waals surface area contributed by atoms with E-state index < -0.39 is 10.0 Å². The zero-order chi connectivity index (χ0) is 22.3. The summed E-state index contributed by atoms with van der Waals surface area (Å²) in [6.45, 7) is 1.50. The minimum absolute atomic E-state index is 0.0122. The van der Waals surface area contributed by atoms with Crippen LogP contribution in [-0.2, 0) is 26.1 Å². The molecule has 1 atom stereocenters. The second-order valence-electron chi connectivity index (χ2n) is 7.33. The van der Waals surface area contributed by atoms with Crippen LogP contribution in [0.4, 0.5) is 0 Å². The molecule has 0 aliphatic carbocycles. The first-order valence-corrected chi connectivity index (χ1v) is 12.0. The summed E-state index contributed by atoms with van der Waals surface area (Å²) >= 11 is 5.88. The van der Waals surface area contributed by atoms with E-state index in [9.17, 15) is 13.2 Å². The monoisotopic (exact) mass is 466 g/mol. The number of sulfonamides is 1. The highest BCUT2D eigenvalue weighted by molar-refractivity contribution is 7.89. The Bertz CT molecular complexity index is 993. The number of carbonyl (C=O) groups is 1. The Morgan fingerprint density at radius 2 is 2.06 bits per heavy atom. The van der Waals surface area contributed by atoms with E-state index in [2.05, 4.69) is 4.72 Å². The fraction of sp³-hybridized carbons (Fsp3) is 0.409. The second-order valence-corrected chi connectivity index (χ2v) is 9.53. The van der Waals surface area contributed by atoms with Gasteiger partial charge < -0.3 is 14.4 Å². The third-order valence-corrected chi connectivity index (χ3v) is 6.79. The van der Waals surface area contributed by atoms with Crippen molar-refractivity contribution in [3.05, 3.63) is 59.1 Å². The van der Waals surface area contributed by atoms with Crippen LogP contribution in [0.3, 0.4) is 0 Å². The SMILES string of the molecule is COc1ccccc1CN(CC1CCCO1)C(=O)CCNS(=O)(=O)c1cccc(Cl)c1. The van der Waals surface area contributed by atoms with E-state index in [4.69, 9.17) is 21.1 Å². The zero-order valence-electron chi connectivity index (χ0n) is 17.4. The zero-order valence-corrected chi connectivity index (χ0v) is 19.0. The van der Waals surface area contributed by atoms with Crippen LogP contribution >= 0.6 is 11.6 Å². The number of hydrogen-bond acceptors (Lipinski definition) is 5. The molecule has 1 saturated heterocycles. The van der Waals surface area contributed by atoms with Gasteiger partial charge in [0, 0.05) is 43.2 Å². The number of hydrogen-bond donors (Lipinski definition) is 1. The first kappa shape index (κ1) is 23.5. The summed E-state index contributed by atoms with van der Waals surface area (Å²) in [5.74, 6) is 0.546. The highest BCUT2D eigenvalue weighted by Crippen LogP contribution is 2.22. The third kappa shape index (κ3) is 6.67. The first-order chi connectivity index (χ1) is 14.9. The van der Waals surface area contributed by atoms with Crippen molar-refractivity contribution in [1.29, 1.82) is 0 Å². The average Bonchev–Trinajstić information content (AvgIpc) is 3.26. The molecule has 0 bridgehead atoms. The van der Waals surface area contributed by atoms with Crippen LogP contribution in [0.5, 0.6) is 5.75 Å². The van der Waals surface area contributed by atoms with Crippen molar-refractivity contribution in [3.8, 4) is 5.75 Å². The Morgan fingerprint density at radius 3 is 2.77 bits per heavy atom. The molecule has 2 aromatic rings. The number of methoxy groups -OCH3 is 1. The van der Waals surface area contributed by atoms with E-state index in [-0.39, 0.29) is 29.9 Å². The van der Waals surface area contributed by atoms with Gasteiger partial charge in [0.15, 0.2) is 0 Å². The molecule has 0 saturated carbocycles. The molecule has 0 aromatic heterocycles. The first-order valence-electron chi connectivity index (χ1n) is 10.2. The molecule has 1 aliphatic heterocycles. The number of halogens is 1. The van der Waals surface area contributed by atoms with Crippen LogP contribution in [0.2, 0.25) is 5.02 Å². The molecule has 9 heteroatoms. The Labute approximate surface area is 188 Å². The molecule has 168 valence electrons.